The molecule has 4 heterocycles. The summed E-state index contributed by atoms with van der Waals surface area (Å²) < 4.78 is 5.33. The number of ether oxygens (including phenoxy) is 1. The van der Waals surface area contributed by atoms with E-state index < -0.39 is 0 Å². The Balaban J connectivity index is 1.33. The maximum atomic E-state index is 12.8. The van der Waals surface area contributed by atoms with Gasteiger partial charge in [0.25, 0.3) is 5.91 Å². The van der Waals surface area contributed by atoms with Crippen LogP contribution in [0.4, 0.5) is 22.0 Å². The van der Waals surface area contributed by atoms with Gasteiger partial charge in [-0.25, -0.2) is 9.78 Å². The molecule has 39 heavy (non-hydrogen) atoms. The summed E-state index contributed by atoms with van der Waals surface area (Å²) in [5.74, 6) is 1.28. The van der Waals surface area contributed by atoms with Crippen LogP contribution in [0.3, 0.4) is 0 Å². The zero-order valence-electron chi connectivity index (χ0n) is 21.6. The minimum atomic E-state index is -0.361. The van der Waals surface area contributed by atoms with Crippen LogP contribution < -0.4 is 25.8 Å². The normalized spacial score (nSPS) is 16.6. The molecule has 199 valence electrons. The van der Waals surface area contributed by atoms with Crippen LogP contribution in [0.2, 0.25) is 0 Å². The lowest BCUT2D eigenvalue weighted by Crippen LogP contribution is -2.46. The van der Waals surface area contributed by atoms with Crippen molar-refractivity contribution in [2.75, 3.05) is 55.1 Å². The molecule has 2 aromatic rings. The second kappa shape index (κ2) is 11.8. The molecule has 3 amide bonds. The van der Waals surface area contributed by atoms with Crippen molar-refractivity contribution in [2.45, 2.75) is 13.3 Å². The van der Waals surface area contributed by atoms with Gasteiger partial charge in [0.05, 0.1) is 43.2 Å². The number of hydrogen-bond acceptors (Lipinski definition) is 9. The highest BCUT2D eigenvalue weighted by Gasteiger charge is 2.36. The Hall–Kier alpha value is -4.73. The van der Waals surface area contributed by atoms with Crippen LogP contribution in [0.15, 0.2) is 65.8 Å². The Morgan fingerprint density at radius 3 is 2.82 bits per heavy atom. The number of anilines is 3. The number of carbonyl (C=O) groups excluding carboxylic acids is 2. The van der Waals surface area contributed by atoms with Crippen molar-refractivity contribution in [3.63, 3.8) is 0 Å². The molecule has 0 unspecified atom stereocenters. The van der Waals surface area contributed by atoms with Crippen LogP contribution in [0.5, 0.6) is 0 Å². The molecule has 0 aliphatic carbocycles. The van der Waals surface area contributed by atoms with Crippen molar-refractivity contribution < 1.29 is 14.3 Å². The van der Waals surface area contributed by atoms with E-state index in [-0.39, 0.29) is 24.9 Å². The van der Waals surface area contributed by atoms with Crippen LogP contribution in [0.1, 0.15) is 22.3 Å². The summed E-state index contributed by atoms with van der Waals surface area (Å²) in [5.41, 5.74) is 3.72. The number of benzene rings is 1. The Kier molecular flexibility index (Phi) is 7.81. The molecule has 0 bridgehead atoms. The number of amidine groups is 1. The number of nitriles is 1. The first-order valence-electron chi connectivity index (χ1n) is 12.6. The molecule has 3 aliphatic rings. The van der Waals surface area contributed by atoms with E-state index in [9.17, 15) is 9.59 Å². The van der Waals surface area contributed by atoms with E-state index in [2.05, 4.69) is 30.8 Å². The molecule has 1 aromatic carbocycles. The maximum Gasteiger partial charge on any atom is 0.319 e. The lowest BCUT2D eigenvalue weighted by molar-refractivity contribution is 0.0302. The van der Waals surface area contributed by atoms with Crippen molar-refractivity contribution in [1.82, 2.24) is 20.1 Å². The topological polar surface area (TPSA) is 141 Å². The van der Waals surface area contributed by atoms with Crippen LogP contribution in [0.25, 0.3) is 0 Å². The minimum absolute atomic E-state index is 0.0568. The number of fused-ring (bicyclic) bond motifs is 1. The number of aliphatic imine (C=N–C) groups is 1. The molecule has 1 saturated heterocycles. The van der Waals surface area contributed by atoms with E-state index in [1.165, 1.54) is 0 Å². The first-order valence-corrected chi connectivity index (χ1v) is 12.6. The average molecular weight is 528 g/mol. The maximum absolute atomic E-state index is 12.8. The summed E-state index contributed by atoms with van der Waals surface area (Å²) in [6.45, 7) is 4.99. The number of pyridine rings is 1. The SMILES string of the molecule is Cc1c(NC(=O)NCCC#N)cccc1N1C=C(Nc2ccc(C(=O)N3CCOCC3)cn2)C2=NC=C[N+]2C1. The second-order valence-electron chi connectivity index (χ2n) is 9.08. The lowest BCUT2D eigenvalue weighted by Gasteiger charge is -2.28. The number of carbonyl (C=O) groups is 2. The number of rotatable bonds is 7. The van der Waals surface area contributed by atoms with Crippen LogP contribution in [-0.4, -0.2) is 67.2 Å². The molecule has 3 aliphatic heterocycles. The summed E-state index contributed by atoms with van der Waals surface area (Å²) in [7, 11) is 0. The lowest BCUT2D eigenvalue weighted by atomic mass is 10.1. The number of nitrogens with zero attached hydrogens (tertiary/aromatic N) is 6. The first kappa shape index (κ1) is 25.9. The molecule has 1 radical (unpaired) electrons. The molecule has 1 fully saturated rings. The molecule has 3 N–H and O–H groups in total. The third-order valence-corrected chi connectivity index (χ3v) is 6.50. The summed E-state index contributed by atoms with van der Waals surface area (Å²) >= 11 is 0. The van der Waals surface area contributed by atoms with Gasteiger partial charge in [0.2, 0.25) is 6.67 Å². The van der Waals surface area contributed by atoms with Gasteiger partial charge in [0, 0.05) is 37.7 Å². The zero-order valence-corrected chi connectivity index (χ0v) is 21.6. The van der Waals surface area contributed by atoms with Gasteiger partial charge in [-0.1, -0.05) is 11.0 Å². The van der Waals surface area contributed by atoms with Crippen molar-refractivity contribution in [1.29, 1.82) is 5.26 Å². The third-order valence-electron chi connectivity index (χ3n) is 6.50. The number of aromatic nitrogens is 1. The van der Waals surface area contributed by atoms with Gasteiger partial charge < -0.3 is 25.6 Å². The predicted molar refractivity (Wildman–Crippen MR) is 147 cm³/mol. The summed E-state index contributed by atoms with van der Waals surface area (Å²) in [6.07, 6.45) is 7.41. The van der Waals surface area contributed by atoms with E-state index in [0.717, 1.165) is 22.8 Å². The Bertz CT molecular complexity index is 1370. The average Bonchev–Trinajstić information content (AvgIpc) is 3.44. The Labute approximate surface area is 226 Å². The quantitative estimate of drug-likeness (QED) is 0.371. The fourth-order valence-electron chi connectivity index (χ4n) is 4.47. The Morgan fingerprint density at radius 1 is 1.21 bits per heavy atom. The van der Waals surface area contributed by atoms with E-state index in [0.29, 0.717) is 50.0 Å². The van der Waals surface area contributed by atoms with E-state index >= 15 is 0 Å². The molecular weight excluding hydrogens is 498 g/mol. The van der Waals surface area contributed by atoms with Crippen molar-refractivity contribution in [3.05, 3.63) is 72.0 Å². The molecule has 0 spiro atoms. The second-order valence-corrected chi connectivity index (χ2v) is 9.08. The number of amides is 3. The van der Waals surface area contributed by atoms with Gasteiger partial charge in [-0.15, -0.1) is 0 Å². The number of hydrogen-bond donors (Lipinski definition) is 3. The zero-order chi connectivity index (χ0) is 27.2. The smallest absolute Gasteiger partial charge is 0.319 e. The molecule has 12 heteroatoms. The Morgan fingerprint density at radius 2 is 2.05 bits per heavy atom. The summed E-state index contributed by atoms with van der Waals surface area (Å²) in [6, 6.07) is 10.9. The largest absolute Gasteiger partial charge is 0.378 e. The van der Waals surface area contributed by atoms with E-state index in [1.807, 2.05) is 48.5 Å². The number of urea groups is 1. The number of morpholine rings is 1. The van der Waals surface area contributed by atoms with Gasteiger partial charge in [-0.2, -0.15) is 10.3 Å². The van der Waals surface area contributed by atoms with Crippen molar-refractivity contribution in [3.8, 4) is 6.07 Å². The van der Waals surface area contributed by atoms with Crippen molar-refractivity contribution in [2.24, 2.45) is 4.99 Å². The highest BCUT2D eigenvalue weighted by atomic mass is 16.5. The van der Waals surface area contributed by atoms with E-state index in [4.69, 9.17) is 10.00 Å². The monoisotopic (exact) mass is 527 g/mol. The molecule has 5 rings (SSSR count). The molecular formula is C27H29N9O3+. The highest BCUT2D eigenvalue weighted by molar-refractivity contribution is 6.06. The predicted octanol–water partition coefficient (Wildman–Crippen LogP) is 2.65. The van der Waals surface area contributed by atoms with Gasteiger partial charge >= 0.3 is 11.9 Å². The van der Waals surface area contributed by atoms with Crippen LogP contribution in [-0.2, 0) is 4.74 Å². The summed E-state index contributed by atoms with van der Waals surface area (Å²) in [5, 5.41) is 17.6. The summed E-state index contributed by atoms with van der Waals surface area (Å²) in [4.78, 5) is 39.8. The highest BCUT2D eigenvalue weighted by Crippen LogP contribution is 2.30. The standard InChI is InChI=1S/C27H29N9O3/c1-19-21(33-27(38)30-9-3-8-28)4-2-5-23(19)36-17-22(25-29-10-11-35(25)18-36)32-24-7-6-20(16-31-24)26(37)34-12-14-39-15-13-34/h2,4-7,10-11,16-17H,3,9,12-15,18H2,1H3,(H,31,32)(H2,30,33,38)/q+1. The van der Waals surface area contributed by atoms with Gasteiger partial charge in [-0.3, -0.25) is 9.69 Å². The van der Waals surface area contributed by atoms with Gasteiger partial charge in [0.1, 0.15) is 11.5 Å². The molecule has 0 atom stereocenters. The van der Waals surface area contributed by atoms with Gasteiger partial charge in [0.15, 0.2) is 6.20 Å². The minimum Gasteiger partial charge on any atom is -0.378 e. The van der Waals surface area contributed by atoms with Crippen molar-refractivity contribution >= 4 is 35.0 Å². The fraction of sp³-hybridized carbons (Fsp3) is 0.296. The molecule has 12 nitrogen and oxygen atoms in total. The van der Waals surface area contributed by atoms with Crippen LogP contribution in [0, 0.1) is 18.3 Å². The van der Waals surface area contributed by atoms with E-state index in [1.54, 1.807) is 29.4 Å². The van der Waals surface area contributed by atoms with Gasteiger partial charge in [-0.05, 0) is 36.8 Å². The first-order chi connectivity index (χ1) is 19.0. The molecule has 0 saturated carbocycles. The van der Waals surface area contributed by atoms with Crippen LogP contribution >= 0.6 is 0 Å². The molecule has 1 aromatic heterocycles. The number of nitrogens with one attached hydrogen (secondary N) is 3. The fourth-order valence-corrected chi connectivity index (χ4v) is 4.47. The third kappa shape index (κ3) is 5.90.